The molecule has 7 heterocycles. The number of anilines is 2. The van der Waals surface area contributed by atoms with Crippen molar-refractivity contribution in [2.45, 2.75) is 60.1 Å². The van der Waals surface area contributed by atoms with Gasteiger partial charge in [-0.1, -0.05) is 30.3 Å². The normalized spacial score (nSPS) is 20.6. The molecule has 0 aliphatic carbocycles. The third kappa shape index (κ3) is 9.48. The number of aromatic nitrogens is 2. The Bertz CT molecular complexity index is 3300. The highest BCUT2D eigenvalue weighted by Crippen LogP contribution is 2.40. The van der Waals surface area contributed by atoms with Crippen molar-refractivity contribution in [1.82, 2.24) is 33.7 Å². The van der Waals surface area contributed by atoms with Crippen LogP contribution in [0.15, 0.2) is 101 Å². The maximum absolute atomic E-state index is 14.4. The number of rotatable bonds is 14. The van der Waals surface area contributed by atoms with Crippen LogP contribution in [-0.4, -0.2) is 168 Å². The highest BCUT2D eigenvalue weighted by Gasteiger charge is 2.45. The van der Waals surface area contributed by atoms with E-state index in [-0.39, 0.29) is 61.0 Å². The summed E-state index contributed by atoms with van der Waals surface area (Å²) < 4.78 is 72.9. The fraction of sp³-hybridized carbons (Fsp3) is 0.415. The Morgan fingerprint density at radius 2 is 1.37 bits per heavy atom. The fourth-order valence-electron chi connectivity index (χ4n) is 11.0. The van der Waals surface area contributed by atoms with Crippen molar-refractivity contribution in [2.24, 2.45) is 0 Å². The maximum atomic E-state index is 14.4. The standard InChI is InChI=1S/C53H61N9O9S2/c1-57-23-24-60(33-51(57)63)53(65)49-17-22-62(49)73(68,69)39-14-16-48(59-20-7-8-21-59)41(31-39)45-28-36-11-12-37(29-43(36)55-45)50-32-61(25-26-71-50)52(64)46(34-70-2)56-72(66,67)38-13-15-47(58-18-5-6-19-58)40(30-38)44-27-35-9-3-4-10-42(35)54-44/h3-4,9-16,27-31,46,49-50,54-56H,5-8,17-26,32-34H2,1-2H3/t46?,49-,50?/m0/s1. The molecule has 0 saturated carbocycles. The van der Waals surface area contributed by atoms with Gasteiger partial charge in [-0.05, 0) is 98.3 Å². The van der Waals surface area contributed by atoms with Crippen LogP contribution in [0.2, 0.25) is 0 Å². The highest BCUT2D eigenvalue weighted by atomic mass is 32.2. The first-order valence-electron chi connectivity index (χ1n) is 25.2. The lowest BCUT2D eigenvalue weighted by Gasteiger charge is -2.42. The molecule has 3 N–H and O–H groups in total. The molecule has 11 rings (SSSR count). The summed E-state index contributed by atoms with van der Waals surface area (Å²) in [6, 6.07) is 26.1. The van der Waals surface area contributed by atoms with Gasteiger partial charge in [0.25, 0.3) is 0 Å². The van der Waals surface area contributed by atoms with Crippen molar-refractivity contribution in [1.29, 1.82) is 0 Å². The van der Waals surface area contributed by atoms with Crippen LogP contribution in [0, 0.1) is 0 Å². The van der Waals surface area contributed by atoms with Gasteiger partial charge in [0.15, 0.2) is 0 Å². The van der Waals surface area contributed by atoms with Crippen molar-refractivity contribution in [3.8, 4) is 22.5 Å². The number of nitrogens with one attached hydrogen (secondary N) is 3. The van der Waals surface area contributed by atoms with Crippen molar-refractivity contribution in [3.05, 3.63) is 96.6 Å². The van der Waals surface area contributed by atoms with E-state index in [1.54, 1.807) is 41.1 Å². The molecule has 73 heavy (non-hydrogen) atoms. The van der Waals surface area contributed by atoms with Crippen LogP contribution in [-0.2, 0) is 43.9 Å². The molecule has 2 aromatic heterocycles. The van der Waals surface area contributed by atoms with Crippen molar-refractivity contribution < 1.29 is 40.7 Å². The van der Waals surface area contributed by atoms with Crippen LogP contribution in [0.4, 0.5) is 11.4 Å². The summed E-state index contributed by atoms with van der Waals surface area (Å²) in [6.07, 6.45) is 3.99. The van der Waals surface area contributed by atoms with Crippen LogP contribution in [0.1, 0.15) is 43.8 Å². The van der Waals surface area contributed by atoms with E-state index in [4.69, 9.17) is 9.47 Å². The number of carbonyl (C=O) groups excluding carboxylic acids is 3. The number of para-hydroxylation sites is 1. The first-order chi connectivity index (χ1) is 35.2. The topological polar surface area (TPSA) is 201 Å². The van der Waals surface area contributed by atoms with Crippen molar-refractivity contribution in [2.75, 3.05) is 103 Å². The predicted molar refractivity (Wildman–Crippen MR) is 278 cm³/mol. The number of likely N-dealkylation sites (N-methyl/N-ethyl adjacent to an activating group) is 1. The Kier molecular flexibility index (Phi) is 13.3. The largest absolute Gasteiger partial charge is 0.382 e. The van der Waals surface area contributed by atoms with E-state index in [9.17, 15) is 31.2 Å². The number of methoxy groups -OCH3 is 1. The van der Waals surface area contributed by atoms with Gasteiger partial charge in [0.1, 0.15) is 18.2 Å². The molecule has 4 aromatic carbocycles. The molecule has 6 aromatic rings. The Labute approximate surface area is 425 Å². The van der Waals surface area contributed by atoms with Gasteiger partial charge in [0, 0.05) is 122 Å². The third-order valence-electron chi connectivity index (χ3n) is 15.2. The summed E-state index contributed by atoms with van der Waals surface area (Å²) in [4.78, 5) is 56.7. The van der Waals surface area contributed by atoms with Gasteiger partial charge >= 0.3 is 0 Å². The number of amides is 3. The molecule has 18 nitrogen and oxygen atoms in total. The average molecular weight is 1030 g/mol. The molecule has 0 radical (unpaired) electrons. The van der Waals surface area contributed by atoms with Crippen LogP contribution in [0.5, 0.6) is 0 Å². The number of aromatic amines is 2. The average Bonchev–Trinajstić information content (AvgIpc) is 4.24. The molecule has 3 amide bonds. The van der Waals surface area contributed by atoms with E-state index >= 15 is 0 Å². The second kappa shape index (κ2) is 19.9. The van der Waals surface area contributed by atoms with E-state index in [1.165, 1.54) is 16.3 Å². The maximum Gasteiger partial charge on any atom is 0.243 e. The number of carbonyl (C=O) groups is 3. The number of ether oxygens (including phenoxy) is 2. The molecule has 384 valence electrons. The van der Waals surface area contributed by atoms with Crippen LogP contribution >= 0.6 is 0 Å². The zero-order valence-corrected chi connectivity index (χ0v) is 42.7. The Morgan fingerprint density at radius 1 is 0.726 bits per heavy atom. The minimum absolute atomic E-state index is 0.0371. The lowest BCUT2D eigenvalue weighted by atomic mass is 10.0. The Morgan fingerprint density at radius 3 is 2.01 bits per heavy atom. The van der Waals surface area contributed by atoms with Gasteiger partial charge in [0.2, 0.25) is 37.8 Å². The van der Waals surface area contributed by atoms with E-state index < -0.39 is 44.1 Å². The van der Waals surface area contributed by atoms with E-state index in [1.807, 2.05) is 66.7 Å². The Hall–Kier alpha value is -6.29. The highest BCUT2D eigenvalue weighted by molar-refractivity contribution is 7.89. The number of benzene rings is 4. The molecule has 5 aliphatic rings. The quantitative estimate of drug-likeness (QED) is 0.131. The van der Waals surface area contributed by atoms with Crippen LogP contribution < -0.4 is 14.5 Å². The molecular formula is C53H61N9O9S2. The molecule has 0 spiro atoms. The molecule has 2 unspecified atom stereocenters. The number of hydrogen-bond donors (Lipinski definition) is 3. The number of fused-ring (bicyclic) bond motifs is 2. The first kappa shape index (κ1) is 48.9. The van der Waals surface area contributed by atoms with Gasteiger partial charge in [0.05, 0.1) is 36.1 Å². The van der Waals surface area contributed by atoms with Gasteiger partial charge < -0.3 is 43.9 Å². The summed E-state index contributed by atoms with van der Waals surface area (Å²) in [6.45, 7) is 4.75. The zero-order chi connectivity index (χ0) is 50.6. The van der Waals surface area contributed by atoms with Crippen molar-refractivity contribution >= 4 is 70.9 Å². The monoisotopic (exact) mass is 1030 g/mol. The number of sulfonamides is 2. The summed E-state index contributed by atoms with van der Waals surface area (Å²) in [5, 5.41) is 1.90. The third-order valence-corrected chi connectivity index (χ3v) is 18.6. The first-order valence-corrected chi connectivity index (χ1v) is 28.1. The summed E-state index contributed by atoms with van der Waals surface area (Å²) in [5.74, 6) is -0.957. The molecule has 5 aliphatic heterocycles. The van der Waals surface area contributed by atoms with E-state index in [0.717, 1.165) is 102 Å². The summed E-state index contributed by atoms with van der Waals surface area (Å²) in [7, 11) is -5.19. The SMILES string of the molecule is COCC(NS(=O)(=O)c1ccc(N2CCCC2)c(-c2cc3ccccc3[nH]2)c1)C(=O)N1CCOC(c2ccc3cc(-c4cc(S(=O)(=O)N5CC[C@H]5C(=O)N5CCN(C)C(=O)C5)ccc4N4CCCC4)[nH]c3c2)C1. The lowest BCUT2D eigenvalue weighted by molar-refractivity contribution is -0.148. The zero-order valence-electron chi connectivity index (χ0n) is 41.1. The number of hydrogen-bond acceptors (Lipinski definition) is 11. The smallest absolute Gasteiger partial charge is 0.243 e. The molecule has 5 saturated heterocycles. The number of piperazine rings is 1. The van der Waals surface area contributed by atoms with Crippen LogP contribution in [0.3, 0.4) is 0 Å². The summed E-state index contributed by atoms with van der Waals surface area (Å²) >= 11 is 0. The second-order valence-electron chi connectivity index (χ2n) is 19.8. The molecular weight excluding hydrogens is 971 g/mol. The number of nitrogens with zero attached hydrogens (tertiary/aromatic N) is 6. The van der Waals surface area contributed by atoms with Crippen molar-refractivity contribution in [3.63, 3.8) is 0 Å². The number of morpholine rings is 1. The Balaban J connectivity index is 0.821. The second-order valence-corrected chi connectivity index (χ2v) is 23.4. The predicted octanol–water partition coefficient (Wildman–Crippen LogP) is 5.14. The molecule has 3 atom stereocenters. The van der Waals surface area contributed by atoms with Gasteiger partial charge in [-0.3, -0.25) is 14.4 Å². The molecule has 20 heteroatoms. The van der Waals surface area contributed by atoms with E-state index in [0.29, 0.717) is 30.8 Å². The van der Waals surface area contributed by atoms with Gasteiger partial charge in [-0.15, -0.1) is 0 Å². The lowest BCUT2D eigenvalue weighted by Crippen LogP contribution is -2.61. The van der Waals surface area contributed by atoms with Crippen LogP contribution in [0.25, 0.3) is 44.3 Å². The fourth-order valence-corrected chi connectivity index (χ4v) is 13.9. The minimum Gasteiger partial charge on any atom is -0.382 e. The van der Waals surface area contributed by atoms with Gasteiger partial charge in [-0.25, -0.2) is 16.8 Å². The molecule has 0 bridgehead atoms. The number of H-pyrrole nitrogens is 2. The summed E-state index contributed by atoms with van der Waals surface area (Å²) in [5.41, 5.74) is 7.37. The minimum atomic E-state index is -4.22. The van der Waals surface area contributed by atoms with Gasteiger partial charge in [-0.2, -0.15) is 9.03 Å². The van der Waals surface area contributed by atoms with E-state index in [2.05, 4.69) is 24.5 Å². The molecule has 5 fully saturated rings.